The first-order valence-electron chi connectivity index (χ1n) is 6.22. The summed E-state index contributed by atoms with van der Waals surface area (Å²) in [4.78, 5) is 11.4. The molecule has 2 heteroatoms. The van der Waals surface area contributed by atoms with Crippen molar-refractivity contribution in [2.75, 3.05) is 0 Å². The van der Waals surface area contributed by atoms with E-state index >= 15 is 0 Å². The monoisotopic (exact) mass is 230 g/mol. The lowest BCUT2D eigenvalue weighted by Gasteiger charge is -2.29. The van der Waals surface area contributed by atoms with Gasteiger partial charge in [0.15, 0.2) is 0 Å². The minimum atomic E-state index is -0.0660. The zero-order chi connectivity index (χ0) is 12.3. The molecular weight excluding hydrogens is 212 g/mol. The van der Waals surface area contributed by atoms with E-state index in [4.69, 9.17) is 4.74 Å². The Morgan fingerprint density at radius 2 is 2.00 bits per heavy atom. The fourth-order valence-corrected chi connectivity index (χ4v) is 2.13. The number of esters is 1. The minimum Gasteiger partial charge on any atom is -0.429 e. The highest BCUT2D eigenvalue weighted by molar-refractivity contribution is 5.88. The highest BCUT2D eigenvalue weighted by Gasteiger charge is 2.38. The summed E-state index contributed by atoms with van der Waals surface area (Å²) in [5.41, 5.74) is 2.22. The number of cyclic esters (lactones) is 1. The summed E-state index contributed by atoms with van der Waals surface area (Å²) in [6.45, 7) is 4.16. The van der Waals surface area contributed by atoms with E-state index in [2.05, 4.69) is 6.92 Å². The molecule has 1 aliphatic heterocycles. The predicted octanol–water partition coefficient (Wildman–Crippen LogP) is 3.78. The van der Waals surface area contributed by atoms with Crippen molar-refractivity contribution in [3.63, 3.8) is 0 Å². The maximum atomic E-state index is 11.4. The van der Waals surface area contributed by atoms with Crippen LogP contribution < -0.4 is 0 Å². The molecule has 1 aromatic carbocycles. The average molecular weight is 230 g/mol. The van der Waals surface area contributed by atoms with Crippen LogP contribution in [0, 0.1) is 5.92 Å². The van der Waals surface area contributed by atoms with Gasteiger partial charge in [0.1, 0.15) is 11.7 Å². The SMILES string of the molecule is CCCCC1C(=O)O/C1=C(/C)c1ccccc1. The van der Waals surface area contributed by atoms with Crippen LogP contribution in [0.1, 0.15) is 38.7 Å². The van der Waals surface area contributed by atoms with Gasteiger partial charge in [-0.25, -0.2) is 0 Å². The van der Waals surface area contributed by atoms with Crippen molar-refractivity contribution in [1.82, 2.24) is 0 Å². The fraction of sp³-hybridized carbons (Fsp3) is 0.400. The van der Waals surface area contributed by atoms with Gasteiger partial charge in [-0.15, -0.1) is 0 Å². The van der Waals surface area contributed by atoms with E-state index in [0.29, 0.717) is 0 Å². The Labute approximate surface area is 102 Å². The number of carbonyl (C=O) groups is 1. The van der Waals surface area contributed by atoms with E-state index in [1.807, 2.05) is 37.3 Å². The summed E-state index contributed by atoms with van der Waals surface area (Å²) in [6.07, 6.45) is 3.10. The van der Waals surface area contributed by atoms with Crippen LogP contribution in [0.15, 0.2) is 36.1 Å². The molecule has 0 aliphatic carbocycles. The highest BCUT2D eigenvalue weighted by atomic mass is 16.6. The van der Waals surface area contributed by atoms with Crippen LogP contribution in [-0.4, -0.2) is 5.97 Å². The molecule has 0 radical (unpaired) electrons. The molecule has 1 fully saturated rings. The van der Waals surface area contributed by atoms with Crippen LogP contribution in [0.3, 0.4) is 0 Å². The van der Waals surface area contributed by atoms with Gasteiger partial charge in [0.2, 0.25) is 0 Å². The number of hydrogen-bond acceptors (Lipinski definition) is 2. The maximum absolute atomic E-state index is 11.4. The smallest absolute Gasteiger partial charge is 0.321 e. The molecule has 1 heterocycles. The van der Waals surface area contributed by atoms with Crippen molar-refractivity contribution in [1.29, 1.82) is 0 Å². The summed E-state index contributed by atoms with van der Waals surface area (Å²) >= 11 is 0. The average Bonchev–Trinajstić information content (AvgIpc) is 2.36. The van der Waals surface area contributed by atoms with Crippen LogP contribution in [0.5, 0.6) is 0 Å². The Bertz CT molecular complexity index is 431. The quantitative estimate of drug-likeness (QED) is 0.736. The van der Waals surface area contributed by atoms with E-state index < -0.39 is 0 Å². The zero-order valence-corrected chi connectivity index (χ0v) is 10.4. The number of unbranched alkanes of at least 4 members (excludes halogenated alkanes) is 1. The maximum Gasteiger partial charge on any atom is 0.321 e. The van der Waals surface area contributed by atoms with E-state index in [1.165, 1.54) is 0 Å². The molecule has 1 atom stereocenters. The Balaban J connectivity index is 2.18. The summed E-state index contributed by atoms with van der Waals surface area (Å²) in [5, 5.41) is 0. The van der Waals surface area contributed by atoms with Crippen molar-refractivity contribution in [3.05, 3.63) is 41.7 Å². The van der Waals surface area contributed by atoms with Crippen molar-refractivity contribution in [2.45, 2.75) is 33.1 Å². The number of rotatable bonds is 4. The predicted molar refractivity (Wildman–Crippen MR) is 68.1 cm³/mol. The lowest BCUT2D eigenvalue weighted by atomic mass is 9.90. The second-order valence-corrected chi connectivity index (χ2v) is 4.47. The number of ether oxygens (including phenoxy) is 1. The molecule has 1 aromatic rings. The third-order valence-electron chi connectivity index (χ3n) is 3.23. The van der Waals surface area contributed by atoms with Crippen LogP contribution in [0.25, 0.3) is 5.57 Å². The van der Waals surface area contributed by atoms with Gasteiger partial charge in [-0.2, -0.15) is 0 Å². The first kappa shape index (κ1) is 11.9. The van der Waals surface area contributed by atoms with Crippen LogP contribution in [-0.2, 0) is 9.53 Å². The summed E-state index contributed by atoms with van der Waals surface area (Å²) < 4.78 is 5.21. The Kier molecular flexibility index (Phi) is 3.62. The molecule has 2 nitrogen and oxygen atoms in total. The molecule has 1 aliphatic rings. The van der Waals surface area contributed by atoms with Crippen LogP contribution in [0.2, 0.25) is 0 Å². The molecule has 1 unspecified atom stereocenters. The number of carbonyl (C=O) groups excluding carboxylic acids is 1. The van der Waals surface area contributed by atoms with Gasteiger partial charge in [0.25, 0.3) is 0 Å². The first-order valence-corrected chi connectivity index (χ1v) is 6.22. The van der Waals surface area contributed by atoms with Gasteiger partial charge < -0.3 is 4.74 Å². The Morgan fingerprint density at radius 1 is 1.29 bits per heavy atom. The van der Waals surface area contributed by atoms with Gasteiger partial charge in [-0.05, 0) is 24.5 Å². The zero-order valence-electron chi connectivity index (χ0n) is 10.4. The Morgan fingerprint density at radius 3 is 2.59 bits per heavy atom. The second kappa shape index (κ2) is 5.17. The third kappa shape index (κ3) is 2.41. The molecule has 0 aromatic heterocycles. The molecule has 0 bridgehead atoms. The number of benzene rings is 1. The van der Waals surface area contributed by atoms with E-state index in [0.717, 1.165) is 36.2 Å². The lowest BCUT2D eigenvalue weighted by Crippen LogP contribution is -2.33. The first-order chi connectivity index (χ1) is 8.24. The molecule has 2 rings (SSSR count). The van der Waals surface area contributed by atoms with Crippen LogP contribution >= 0.6 is 0 Å². The third-order valence-corrected chi connectivity index (χ3v) is 3.23. The van der Waals surface area contributed by atoms with Gasteiger partial charge >= 0.3 is 5.97 Å². The van der Waals surface area contributed by atoms with Gasteiger partial charge in [-0.1, -0.05) is 50.1 Å². The van der Waals surface area contributed by atoms with Crippen molar-refractivity contribution in [3.8, 4) is 0 Å². The number of allylic oxidation sites excluding steroid dienone is 1. The molecule has 0 saturated carbocycles. The molecule has 1 saturated heterocycles. The van der Waals surface area contributed by atoms with E-state index in [1.54, 1.807) is 0 Å². The topological polar surface area (TPSA) is 26.3 Å². The molecule has 0 spiro atoms. The summed E-state index contributed by atoms with van der Waals surface area (Å²) in [7, 11) is 0. The highest BCUT2D eigenvalue weighted by Crippen LogP contribution is 2.36. The largest absolute Gasteiger partial charge is 0.429 e. The van der Waals surface area contributed by atoms with Crippen LogP contribution in [0.4, 0.5) is 0 Å². The minimum absolute atomic E-state index is 0.00449. The van der Waals surface area contributed by atoms with E-state index in [9.17, 15) is 4.79 Å². The molecule has 0 amide bonds. The molecule has 0 N–H and O–H groups in total. The Hall–Kier alpha value is -1.57. The normalized spacial score (nSPS) is 21.8. The summed E-state index contributed by atoms with van der Waals surface area (Å²) in [5.74, 6) is 0.800. The van der Waals surface area contributed by atoms with Gasteiger partial charge in [0.05, 0.1) is 0 Å². The molecule has 90 valence electrons. The molecular formula is C15H18O2. The summed E-state index contributed by atoms with van der Waals surface area (Å²) in [6, 6.07) is 10.1. The van der Waals surface area contributed by atoms with Crippen molar-refractivity contribution < 1.29 is 9.53 Å². The standard InChI is InChI=1S/C15H18O2/c1-3-4-10-13-14(17-15(13)16)11(2)12-8-6-5-7-9-12/h5-9,13H,3-4,10H2,1-2H3/b14-11-. The number of hydrogen-bond donors (Lipinski definition) is 0. The molecule has 17 heavy (non-hydrogen) atoms. The van der Waals surface area contributed by atoms with Gasteiger partial charge in [0, 0.05) is 0 Å². The lowest BCUT2D eigenvalue weighted by molar-refractivity contribution is -0.157. The van der Waals surface area contributed by atoms with Gasteiger partial charge in [-0.3, -0.25) is 4.79 Å². The van der Waals surface area contributed by atoms with Crippen molar-refractivity contribution in [2.24, 2.45) is 5.92 Å². The van der Waals surface area contributed by atoms with E-state index in [-0.39, 0.29) is 11.9 Å². The second-order valence-electron chi connectivity index (χ2n) is 4.47. The van der Waals surface area contributed by atoms with Crippen molar-refractivity contribution >= 4 is 11.5 Å². The fourth-order valence-electron chi connectivity index (χ4n) is 2.13.